The molecule has 1 aliphatic carbocycles. The van der Waals surface area contributed by atoms with E-state index in [1.54, 1.807) is 6.92 Å². The standard InChI is InChI=1S/C38H44ClN3O4/c1-23-7-6-8-29(26(23)4)20-42(31-11-12-31)38(44)37-33(19-30-21-41(27(5)43)22-35(37)40-30)28-9-13-32(14-10-28)45-15-16-46-36-18-25(3)24(2)17-34(36)39/h6-10,13-14,17-18,30-31,35,40H,11-12,15-16,19-22H2,1-5H3/t30-,35-/m1/s1. The van der Waals surface area contributed by atoms with Gasteiger partial charge >= 0.3 is 0 Å². The molecule has 46 heavy (non-hydrogen) atoms. The van der Waals surface area contributed by atoms with Crippen LogP contribution in [0, 0.1) is 27.7 Å². The summed E-state index contributed by atoms with van der Waals surface area (Å²) in [4.78, 5) is 31.0. The van der Waals surface area contributed by atoms with Crippen molar-refractivity contribution in [3.05, 3.63) is 98.6 Å². The van der Waals surface area contributed by atoms with E-state index in [4.69, 9.17) is 21.1 Å². The van der Waals surface area contributed by atoms with Crippen molar-refractivity contribution in [3.63, 3.8) is 0 Å². The molecule has 0 aromatic heterocycles. The predicted octanol–water partition coefficient (Wildman–Crippen LogP) is 6.57. The fourth-order valence-corrected chi connectivity index (χ4v) is 6.90. The van der Waals surface area contributed by atoms with Crippen LogP contribution in [0.25, 0.3) is 5.57 Å². The number of aryl methyl sites for hydroxylation is 3. The van der Waals surface area contributed by atoms with Crippen molar-refractivity contribution in [3.8, 4) is 11.5 Å². The number of carbonyl (C=O) groups excluding carboxylic acids is 2. The van der Waals surface area contributed by atoms with Gasteiger partial charge in [0.1, 0.15) is 24.7 Å². The fourth-order valence-electron chi connectivity index (χ4n) is 6.63. The number of amides is 2. The quantitative estimate of drug-likeness (QED) is 0.254. The third-order valence-electron chi connectivity index (χ3n) is 9.75. The minimum absolute atomic E-state index is 0.0476. The molecule has 2 fully saturated rings. The molecule has 3 aromatic carbocycles. The summed E-state index contributed by atoms with van der Waals surface area (Å²) in [6, 6.07) is 18.3. The smallest absolute Gasteiger partial charge is 0.252 e. The van der Waals surface area contributed by atoms with Gasteiger partial charge in [-0.25, -0.2) is 0 Å². The van der Waals surface area contributed by atoms with Crippen molar-refractivity contribution in [2.24, 2.45) is 0 Å². The van der Waals surface area contributed by atoms with Crippen molar-refractivity contribution in [2.75, 3.05) is 26.3 Å². The first-order valence-electron chi connectivity index (χ1n) is 16.3. The molecule has 2 amide bonds. The number of benzene rings is 3. The molecular weight excluding hydrogens is 598 g/mol. The number of ether oxygens (including phenoxy) is 2. The van der Waals surface area contributed by atoms with E-state index in [0.717, 1.165) is 46.4 Å². The van der Waals surface area contributed by atoms with E-state index in [1.165, 1.54) is 16.7 Å². The second-order valence-corrected chi connectivity index (χ2v) is 13.5. The van der Waals surface area contributed by atoms with Gasteiger partial charge < -0.3 is 24.6 Å². The van der Waals surface area contributed by atoms with Crippen LogP contribution >= 0.6 is 11.6 Å². The highest BCUT2D eigenvalue weighted by Gasteiger charge is 2.43. The average molecular weight is 642 g/mol. The van der Waals surface area contributed by atoms with E-state index in [0.29, 0.717) is 50.0 Å². The summed E-state index contributed by atoms with van der Waals surface area (Å²) < 4.78 is 11.9. The van der Waals surface area contributed by atoms with E-state index in [9.17, 15) is 9.59 Å². The molecule has 8 heteroatoms. The molecule has 242 valence electrons. The minimum Gasteiger partial charge on any atom is -0.490 e. The molecule has 2 bridgehead atoms. The summed E-state index contributed by atoms with van der Waals surface area (Å²) in [7, 11) is 0. The van der Waals surface area contributed by atoms with E-state index in [-0.39, 0.29) is 29.9 Å². The van der Waals surface area contributed by atoms with Crippen molar-refractivity contribution in [1.29, 1.82) is 0 Å². The molecule has 0 spiro atoms. The molecule has 2 aliphatic heterocycles. The van der Waals surface area contributed by atoms with Gasteiger partial charge in [-0.05, 0) is 110 Å². The lowest BCUT2D eigenvalue weighted by atomic mass is 9.82. The number of hydrogen-bond donors (Lipinski definition) is 1. The number of rotatable bonds is 10. The van der Waals surface area contributed by atoms with Gasteiger partial charge in [-0.15, -0.1) is 0 Å². The van der Waals surface area contributed by atoms with E-state index in [2.05, 4.69) is 54.4 Å². The van der Waals surface area contributed by atoms with Crippen LogP contribution in [0.5, 0.6) is 11.5 Å². The summed E-state index contributed by atoms with van der Waals surface area (Å²) in [5.74, 6) is 1.51. The molecule has 0 unspecified atom stereocenters. The van der Waals surface area contributed by atoms with Crippen LogP contribution in [0.4, 0.5) is 0 Å². The predicted molar refractivity (Wildman–Crippen MR) is 182 cm³/mol. The molecular formula is C38H44ClN3O4. The van der Waals surface area contributed by atoms with Gasteiger partial charge in [0, 0.05) is 44.2 Å². The van der Waals surface area contributed by atoms with Crippen molar-refractivity contribution in [1.82, 2.24) is 15.1 Å². The third kappa shape index (κ3) is 6.96. The molecule has 1 saturated carbocycles. The van der Waals surface area contributed by atoms with Crippen LogP contribution in [0.15, 0.2) is 60.2 Å². The van der Waals surface area contributed by atoms with Crippen molar-refractivity contribution in [2.45, 2.75) is 78.6 Å². The first-order valence-corrected chi connectivity index (χ1v) is 16.7. The van der Waals surface area contributed by atoms with Gasteiger partial charge in [0.05, 0.1) is 11.1 Å². The van der Waals surface area contributed by atoms with Gasteiger partial charge in [0.25, 0.3) is 5.91 Å². The van der Waals surface area contributed by atoms with Crippen LogP contribution in [0.3, 0.4) is 0 Å². The molecule has 2 atom stereocenters. The van der Waals surface area contributed by atoms with Crippen LogP contribution in [0.2, 0.25) is 5.02 Å². The second-order valence-electron chi connectivity index (χ2n) is 13.0. The first-order chi connectivity index (χ1) is 22.1. The number of nitrogens with one attached hydrogen (secondary N) is 1. The number of fused-ring (bicyclic) bond motifs is 2. The first kappa shape index (κ1) is 32.1. The Morgan fingerprint density at radius 2 is 1.65 bits per heavy atom. The molecule has 1 saturated heterocycles. The van der Waals surface area contributed by atoms with Crippen LogP contribution in [-0.2, 0) is 16.1 Å². The molecule has 2 heterocycles. The number of nitrogens with zero attached hydrogens (tertiary/aromatic N) is 2. The van der Waals surface area contributed by atoms with Gasteiger partial charge in [0.15, 0.2) is 0 Å². The highest BCUT2D eigenvalue weighted by molar-refractivity contribution is 6.32. The number of carbonyl (C=O) groups is 2. The molecule has 7 nitrogen and oxygen atoms in total. The molecule has 1 N–H and O–H groups in total. The fraction of sp³-hybridized carbons (Fsp3) is 0.421. The lowest BCUT2D eigenvalue weighted by molar-refractivity contribution is -0.132. The van der Waals surface area contributed by atoms with Gasteiger partial charge in [-0.1, -0.05) is 41.9 Å². The zero-order chi connectivity index (χ0) is 32.5. The largest absolute Gasteiger partial charge is 0.490 e. The zero-order valence-electron chi connectivity index (χ0n) is 27.5. The summed E-state index contributed by atoms with van der Waals surface area (Å²) >= 11 is 6.35. The van der Waals surface area contributed by atoms with E-state index in [1.807, 2.05) is 43.0 Å². The van der Waals surface area contributed by atoms with Crippen LogP contribution in [0.1, 0.15) is 59.6 Å². The minimum atomic E-state index is -0.218. The summed E-state index contributed by atoms with van der Waals surface area (Å²) in [6.45, 7) is 12.4. The Kier molecular flexibility index (Phi) is 9.44. The number of halogens is 1. The summed E-state index contributed by atoms with van der Waals surface area (Å²) in [5.41, 5.74) is 8.77. The van der Waals surface area contributed by atoms with Gasteiger partial charge in [-0.2, -0.15) is 0 Å². The third-order valence-corrected chi connectivity index (χ3v) is 10.0. The topological polar surface area (TPSA) is 71.1 Å². The Labute approximate surface area is 277 Å². The zero-order valence-corrected chi connectivity index (χ0v) is 28.2. The Morgan fingerprint density at radius 3 is 2.37 bits per heavy atom. The Balaban J connectivity index is 1.23. The normalized spacial score (nSPS) is 19.2. The van der Waals surface area contributed by atoms with Crippen molar-refractivity contribution >= 4 is 29.0 Å². The molecule has 0 radical (unpaired) electrons. The Bertz CT molecular complexity index is 1660. The maximum absolute atomic E-state index is 14.6. The maximum Gasteiger partial charge on any atom is 0.252 e. The summed E-state index contributed by atoms with van der Waals surface area (Å²) in [5, 5.41) is 4.29. The van der Waals surface area contributed by atoms with Crippen LogP contribution < -0.4 is 14.8 Å². The Hall–Kier alpha value is -3.81. The van der Waals surface area contributed by atoms with Crippen LogP contribution in [-0.4, -0.2) is 66.0 Å². The van der Waals surface area contributed by atoms with E-state index < -0.39 is 0 Å². The lowest BCUT2D eigenvalue weighted by Gasteiger charge is -2.44. The number of piperazine rings is 1. The highest BCUT2D eigenvalue weighted by Crippen LogP contribution is 2.38. The number of hydrogen-bond acceptors (Lipinski definition) is 5. The van der Waals surface area contributed by atoms with Crippen molar-refractivity contribution < 1.29 is 19.1 Å². The molecule has 3 aliphatic rings. The Morgan fingerprint density at radius 1 is 0.935 bits per heavy atom. The molecule has 6 rings (SSSR count). The monoisotopic (exact) mass is 641 g/mol. The average Bonchev–Trinajstić information content (AvgIpc) is 3.87. The summed E-state index contributed by atoms with van der Waals surface area (Å²) in [6.07, 6.45) is 2.71. The maximum atomic E-state index is 14.6. The lowest BCUT2D eigenvalue weighted by Crippen LogP contribution is -2.61. The highest BCUT2D eigenvalue weighted by atomic mass is 35.5. The second kappa shape index (κ2) is 13.5. The van der Waals surface area contributed by atoms with Gasteiger partial charge in [-0.3, -0.25) is 9.59 Å². The molecule has 3 aromatic rings. The SMILES string of the molecule is CC(=O)N1C[C@H]2CC(c3ccc(OCCOc4cc(C)c(C)cc4Cl)cc3)=C(C(=O)N(Cc3cccc(C)c3C)C3CC3)[C@@H](C1)N2. The van der Waals surface area contributed by atoms with E-state index >= 15 is 0 Å². The van der Waals surface area contributed by atoms with Gasteiger partial charge in [0.2, 0.25) is 5.91 Å².